The van der Waals surface area contributed by atoms with E-state index in [1.165, 1.54) is 43.6 Å². The van der Waals surface area contributed by atoms with Gasteiger partial charge in [0.1, 0.15) is 11.3 Å². The van der Waals surface area contributed by atoms with Gasteiger partial charge in [0.2, 0.25) is 0 Å². The number of oxazole rings is 1. The van der Waals surface area contributed by atoms with Crippen molar-refractivity contribution in [1.82, 2.24) is 9.97 Å². The van der Waals surface area contributed by atoms with E-state index in [0.29, 0.717) is 10.2 Å². The zero-order chi connectivity index (χ0) is 12.3. The summed E-state index contributed by atoms with van der Waals surface area (Å²) >= 11 is 1.19. The van der Waals surface area contributed by atoms with Crippen molar-refractivity contribution in [1.29, 1.82) is 0 Å². The van der Waals surface area contributed by atoms with Gasteiger partial charge in [-0.2, -0.15) is 0 Å². The Morgan fingerprint density at radius 1 is 1.53 bits per heavy atom. The van der Waals surface area contributed by atoms with Crippen LogP contribution in [0.2, 0.25) is 0 Å². The molecule has 6 nitrogen and oxygen atoms in total. The second-order valence-electron chi connectivity index (χ2n) is 3.00. The molecule has 0 fully saturated rings. The fraction of sp³-hybridized carbons (Fsp3) is 0.100. The lowest BCUT2D eigenvalue weighted by atomic mass is 10.2. The van der Waals surface area contributed by atoms with Crippen LogP contribution in [0.5, 0.6) is 0 Å². The molecule has 2 aromatic rings. The van der Waals surface area contributed by atoms with Crippen LogP contribution >= 0.6 is 11.8 Å². The molecule has 0 spiro atoms. The SMILES string of the molecule is COC(=O)c1cc(Sc2ncco2)ncc1N. The van der Waals surface area contributed by atoms with Crippen LogP contribution in [0.25, 0.3) is 0 Å². The number of nitrogens with two attached hydrogens (primary N) is 1. The van der Waals surface area contributed by atoms with Gasteiger partial charge in [0.25, 0.3) is 5.22 Å². The van der Waals surface area contributed by atoms with Crippen molar-refractivity contribution in [2.24, 2.45) is 0 Å². The van der Waals surface area contributed by atoms with Crippen LogP contribution in [-0.2, 0) is 4.74 Å². The Bertz CT molecular complexity index is 528. The van der Waals surface area contributed by atoms with Crippen molar-refractivity contribution in [2.45, 2.75) is 10.2 Å². The topological polar surface area (TPSA) is 91.2 Å². The number of rotatable bonds is 3. The van der Waals surface area contributed by atoms with Crippen LogP contribution in [0.1, 0.15) is 10.4 Å². The highest BCUT2D eigenvalue weighted by Crippen LogP contribution is 2.26. The lowest BCUT2D eigenvalue weighted by Gasteiger charge is -2.04. The van der Waals surface area contributed by atoms with Crippen LogP contribution < -0.4 is 5.73 Å². The minimum absolute atomic E-state index is 0.272. The third-order valence-electron chi connectivity index (χ3n) is 1.92. The molecule has 0 amide bonds. The van der Waals surface area contributed by atoms with Gasteiger partial charge in [-0.3, -0.25) is 0 Å². The summed E-state index contributed by atoms with van der Waals surface area (Å²) in [6, 6.07) is 1.54. The molecule has 0 unspecified atom stereocenters. The van der Waals surface area contributed by atoms with E-state index in [2.05, 4.69) is 14.7 Å². The van der Waals surface area contributed by atoms with E-state index >= 15 is 0 Å². The van der Waals surface area contributed by atoms with Crippen molar-refractivity contribution in [2.75, 3.05) is 12.8 Å². The molecule has 17 heavy (non-hydrogen) atoms. The third-order valence-corrected chi connectivity index (χ3v) is 2.73. The Kier molecular flexibility index (Phi) is 3.29. The molecule has 2 N–H and O–H groups in total. The summed E-state index contributed by atoms with van der Waals surface area (Å²) in [6.45, 7) is 0. The van der Waals surface area contributed by atoms with Crippen LogP contribution in [-0.4, -0.2) is 23.0 Å². The van der Waals surface area contributed by atoms with Gasteiger partial charge in [-0.25, -0.2) is 14.8 Å². The second-order valence-corrected chi connectivity index (χ2v) is 3.97. The van der Waals surface area contributed by atoms with E-state index in [-0.39, 0.29) is 11.3 Å². The average molecular weight is 251 g/mol. The molecule has 2 rings (SSSR count). The quantitative estimate of drug-likeness (QED) is 0.828. The number of nitrogen functional groups attached to an aromatic ring is 1. The fourth-order valence-corrected chi connectivity index (χ4v) is 1.82. The number of hydrogen-bond donors (Lipinski definition) is 1. The number of hydrogen-bond acceptors (Lipinski definition) is 7. The normalized spacial score (nSPS) is 10.2. The monoisotopic (exact) mass is 251 g/mol. The minimum atomic E-state index is -0.501. The largest absolute Gasteiger partial charge is 0.465 e. The molecular weight excluding hydrogens is 242 g/mol. The maximum absolute atomic E-state index is 11.4. The van der Waals surface area contributed by atoms with Crippen LogP contribution in [0.15, 0.2) is 39.4 Å². The van der Waals surface area contributed by atoms with Gasteiger partial charge in [0.15, 0.2) is 0 Å². The summed E-state index contributed by atoms with van der Waals surface area (Å²) in [5.74, 6) is -0.501. The first kappa shape index (κ1) is 11.5. The first-order valence-corrected chi connectivity index (χ1v) is 5.43. The number of aromatic nitrogens is 2. The van der Waals surface area contributed by atoms with Crippen molar-refractivity contribution in [3.05, 3.63) is 30.3 Å². The highest BCUT2D eigenvalue weighted by Gasteiger charge is 2.13. The summed E-state index contributed by atoms with van der Waals surface area (Å²) in [7, 11) is 1.29. The molecule has 2 heterocycles. The Labute approximate surface area is 101 Å². The van der Waals surface area contributed by atoms with E-state index < -0.39 is 5.97 Å². The summed E-state index contributed by atoms with van der Waals surface area (Å²) in [5.41, 5.74) is 6.17. The number of esters is 1. The lowest BCUT2D eigenvalue weighted by molar-refractivity contribution is 0.0601. The fourth-order valence-electron chi connectivity index (χ4n) is 1.14. The average Bonchev–Trinajstić information content (AvgIpc) is 2.83. The van der Waals surface area contributed by atoms with Crippen molar-refractivity contribution in [3.63, 3.8) is 0 Å². The van der Waals surface area contributed by atoms with Gasteiger partial charge in [0, 0.05) is 0 Å². The lowest BCUT2D eigenvalue weighted by Crippen LogP contribution is -2.06. The molecule has 2 aromatic heterocycles. The molecule has 0 aromatic carbocycles. The van der Waals surface area contributed by atoms with Gasteiger partial charge in [-0.05, 0) is 17.8 Å². The van der Waals surface area contributed by atoms with Crippen LogP contribution in [0.3, 0.4) is 0 Å². The first-order chi connectivity index (χ1) is 8.20. The second kappa shape index (κ2) is 4.88. The number of carbonyl (C=O) groups is 1. The molecular formula is C10H9N3O3S. The maximum atomic E-state index is 11.4. The van der Waals surface area contributed by atoms with Crippen molar-refractivity contribution in [3.8, 4) is 0 Å². The number of anilines is 1. The summed E-state index contributed by atoms with van der Waals surface area (Å²) in [5, 5.41) is 1.00. The molecule has 7 heteroatoms. The van der Waals surface area contributed by atoms with E-state index in [9.17, 15) is 4.79 Å². The molecule has 88 valence electrons. The standard InChI is InChI=1S/C10H9N3O3S/c1-15-9(14)6-4-8(13-5-7(6)11)17-10-12-2-3-16-10/h2-5H,11H2,1H3. The van der Waals surface area contributed by atoms with E-state index in [4.69, 9.17) is 10.2 Å². The Morgan fingerprint density at radius 2 is 2.35 bits per heavy atom. The van der Waals surface area contributed by atoms with E-state index in [0.717, 1.165) is 0 Å². The summed E-state index contributed by atoms with van der Waals surface area (Å²) in [6.07, 6.45) is 4.39. The van der Waals surface area contributed by atoms with E-state index in [1.807, 2.05) is 0 Å². The maximum Gasteiger partial charge on any atom is 0.340 e. The van der Waals surface area contributed by atoms with E-state index in [1.54, 1.807) is 0 Å². The molecule has 0 atom stereocenters. The summed E-state index contributed by atoms with van der Waals surface area (Å²) < 4.78 is 9.67. The molecule has 0 aliphatic rings. The van der Waals surface area contributed by atoms with Crippen molar-refractivity contribution >= 4 is 23.4 Å². The van der Waals surface area contributed by atoms with Gasteiger partial charge >= 0.3 is 5.97 Å². The summed E-state index contributed by atoms with van der Waals surface area (Å²) in [4.78, 5) is 19.4. The number of methoxy groups -OCH3 is 1. The molecule has 0 aliphatic heterocycles. The molecule has 0 bridgehead atoms. The van der Waals surface area contributed by atoms with Gasteiger partial charge in [-0.1, -0.05) is 0 Å². The third kappa shape index (κ3) is 2.56. The highest BCUT2D eigenvalue weighted by molar-refractivity contribution is 7.99. The Balaban J connectivity index is 2.28. The van der Waals surface area contributed by atoms with Crippen LogP contribution in [0, 0.1) is 0 Å². The van der Waals surface area contributed by atoms with Crippen LogP contribution in [0.4, 0.5) is 5.69 Å². The number of pyridine rings is 1. The highest BCUT2D eigenvalue weighted by atomic mass is 32.2. The number of carbonyl (C=O) groups excluding carboxylic acids is 1. The molecule has 0 radical (unpaired) electrons. The van der Waals surface area contributed by atoms with Gasteiger partial charge < -0.3 is 14.9 Å². The molecule has 0 saturated heterocycles. The Hall–Kier alpha value is -2.02. The predicted molar refractivity (Wildman–Crippen MR) is 60.6 cm³/mol. The molecule has 0 aliphatic carbocycles. The zero-order valence-corrected chi connectivity index (χ0v) is 9.73. The number of nitrogens with zero attached hydrogens (tertiary/aromatic N) is 2. The smallest absolute Gasteiger partial charge is 0.340 e. The first-order valence-electron chi connectivity index (χ1n) is 4.62. The molecule has 0 saturated carbocycles. The Morgan fingerprint density at radius 3 is 3.00 bits per heavy atom. The predicted octanol–water partition coefficient (Wildman–Crippen LogP) is 1.59. The zero-order valence-electron chi connectivity index (χ0n) is 8.91. The van der Waals surface area contributed by atoms with Gasteiger partial charge in [0.05, 0.1) is 30.8 Å². The number of ether oxygens (including phenoxy) is 1. The minimum Gasteiger partial charge on any atom is -0.465 e. The van der Waals surface area contributed by atoms with Gasteiger partial charge in [-0.15, -0.1) is 0 Å². The van der Waals surface area contributed by atoms with Crippen molar-refractivity contribution < 1.29 is 13.9 Å².